The summed E-state index contributed by atoms with van der Waals surface area (Å²) in [5.74, 6) is 0.495. The van der Waals surface area contributed by atoms with Crippen LogP contribution in [0.15, 0.2) is 48.5 Å². The summed E-state index contributed by atoms with van der Waals surface area (Å²) in [7, 11) is 0. The second kappa shape index (κ2) is 9.28. The highest BCUT2D eigenvalue weighted by Crippen LogP contribution is 2.32. The molecule has 1 aliphatic rings. The molecule has 0 unspecified atom stereocenters. The first-order valence-corrected chi connectivity index (χ1v) is 9.19. The highest BCUT2D eigenvalue weighted by atomic mass is 35.5. The molecule has 1 aliphatic heterocycles. The van der Waals surface area contributed by atoms with Crippen molar-refractivity contribution in [1.82, 2.24) is 4.90 Å². The molecule has 1 amide bonds. The quantitative estimate of drug-likeness (QED) is 0.523. The summed E-state index contributed by atoms with van der Waals surface area (Å²) in [6.07, 6.45) is 2.86. The third-order valence-corrected chi connectivity index (χ3v) is 4.38. The van der Waals surface area contributed by atoms with E-state index in [1.54, 1.807) is 29.2 Å². The second-order valence-electron chi connectivity index (χ2n) is 6.09. The Kier molecular flexibility index (Phi) is 6.55. The highest BCUT2D eigenvalue weighted by Gasteiger charge is 2.17. The van der Waals surface area contributed by atoms with Gasteiger partial charge in [-0.2, -0.15) is 0 Å². The van der Waals surface area contributed by atoms with Gasteiger partial charge in [0.2, 0.25) is 6.79 Å². The van der Waals surface area contributed by atoms with Crippen LogP contribution in [-0.2, 0) is 20.9 Å². The number of ether oxygens (including phenoxy) is 3. The van der Waals surface area contributed by atoms with Crippen molar-refractivity contribution in [3.8, 4) is 11.5 Å². The van der Waals surface area contributed by atoms with Gasteiger partial charge in [-0.15, -0.1) is 0 Å². The Morgan fingerprint density at radius 3 is 2.79 bits per heavy atom. The molecule has 2 aromatic carbocycles. The van der Waals surface area contributed by atoms with Gasteiger partial charge in [-0.25, -0.2) is 4.79 Å². The second-order valence-corrected chi connectivity index (χ2v) is 6.53. The molecule has 7 heteroatoms. The van der Waals surface area contributed by atoms with Gasteiger partial charge in [-0.3, -0.25) is 4.79 Å². The van der Waals surface area contributed by atoms with Crippen molar-refractivity contribution in [3.63, 3.8) is 0 Å². The van der Waals surface area contributed by atoms with Crippen molar-refractivity contribution >= 4 is 29.6 Å². The number of carbonyl (C=O) groups excluding carboxylic acids is 2. The summed E-state index contributed by atoms with van der Waals surface area (Å²) < 4.78 is 15.7. The molecule has 0 saturated carbocycles. The van der Waals surface area contributed by atoms with E-state index in [-0.39, 0.29) is 19.3 Å². The number of nitrogens with zero attached hydrogens (tertiary/aromatic N) is 1. The predicted octanol–water partition coefficient (Wildman–Crippen LogP) is 3.67. The van der Waals surface area contributed by atoms with Gasteiger partial charge in [0.25, 0.3) is 5.91 Å². The predicted molar refractivity (Wildman–Crippen MR) is 105 cm³/mol. The number of esters is 1. The Bertz CT molecular complexity index is 896. The fraction of sp³-hybridized carbons (Fsp3) is 0.238. The van der Waals surface area contributed by atoms with E-state index in [4.69, 9.17) is 25.8 Å². The van der Waals surface area contributed by atoms with E-state index in [1.807, 2.05) is 31.2 Å². The molecule has 0 spiro atoms. The number of likely N-dealkylation sites (N-methyl/N-ethyl adjacent to an activating group) is 1. The zero-order valence-corrected chi connectivity index (χ0v) is 16.1. The molecule has 0 bridgehead atoms. The fourth-order valence-corrected chi connectivity index (χ4v) is 2.88. The van der Waals surface area contributed by atoms with Gasteiger partial charge in [0.1, 0.15) is 0 Å². The molecule has 28 heavy (non-hydrogen) atoms. The third kappa shape index (κ3) is 5.27. The molecule has 1 heterocycles. The molecular weight excluding hydrogens is 382 g/mol. The van der Waals surface area contributed by atoms with Crippen LogP contribution in [0.2, 0.25) is 5.02 Å². The zero-order chi connectivity index (χ0) is 19.9. The molecule has 0 saturated heterocycles. The summed E-state index contributed by atoms with van der Waals surface area (Å²) in [4.78, 5) is 25.8. The van der Waals surface area contributed by atoms with Gasteiger partial charge < -0.3 is 19.1 Å². The molecule has 2 aromatic rings. The van der Waals surface area contributed by atoms with Crippen LogP contribution in [0, 0.1) is 0 Å². The molecular formula is C21H20ClNO5. The first-order chi connectivity index (χ1) is 13.5. The molecule has 0 atom stereocenters. The molecule has 0 fully saturated rings. The van der Waals surface area contributed by atoms with E-state index in [2.05, 4.69) is 0 Å². The molecule has 0 N–H and O–H groups in total. The largest absolute Gasteiger partial charge is 0.454 e. The van der Waals surface area contributed by atoms with E-state index in [9.17, 15) is 9.59 Å². The van der Waals surface area contributed by atoms with Crippen molar-refractivity contribution in [2.45, 2.75) is 13.5 Å². The minimum Gasteiger partial charge on any atom is -0.454 e. The van der Waals surface area contributed by atoms with E-state index >= 15 is 0 Å². The van der Waals surface area contributed by atoms with Crippen LogP contribution in [0.25, 0.3) is 6.08 Å². The van der Waals surface area contributed by atoms with Crippen LogP contribution in [-0.4, -0.2) is 36.7 Å². The van der Waals surface area contributed by atoms with Crippen molar-refractivity contribution in [2.24, 2.45) is 0 Å². The Morgan fingerprint density at radius 2 is 2.00 bits per heavy atom. The number of hydrogen-bond acceptors (Lipinski definition) is 5. The Hall–Kier alpha value is -2.99. The number of fused-ring (bicyclic) bond motifs is 1. The summed E-state index contributed by atoms with van der Waals surface area (Å²) in [6.45, 7) is 2.63. The normalized spacial score (nSPS) is 12.2. The van der Waals surface area contributed by atoms with E-state index in [0.717, 1.165) is 11.1 Å². The van der Waals surface area contributed by atoms with Crippen molar-refractivity contribution in [3.05, 3.63) is 64.7 Å². The lowest BCUT2D eigenvalue weighted by atomic mass is 10.2. The molecule has 0 aliphatic carbocycles. The van der Waals surface area contributed by atoms with Gasteiger partial charge in [0, 0.05) is 24.2 Å². The van der Waals surface area contributed by atoms with Crippen LogP contribution in [0.3, 0.4) is 0 Å². The summed E-state index contributed by atoms with van der Waals surface area (Å²) in [5, 5.41) is 0.577. The first kappa shape index (κ1) is 19.8. The summed E-state index contributed by atoms with van der Waals surface area (Å²) >= 11 is 5.90. The number of halogens is 1. The lowest BCUT2D eigenvalue weighted by Gasteiger charge is -2.20. The SMILES string of the molecule is CCN(Cc1ccc2c(c1)OCO2)C(=O)COC(=O)/C=C/c1cccc(Cl)c1. The molecule has 3 rings (SSSR count). The standard InChI is InChI=1S/C21H20ClNO5/c1-2-23(12-16-6-8-18-19(11-16)28-14-27-18)20(24)13-26-21(25)9-7-15-4-3-5-17(22)10-15/h3-11H,2,12-14H2,1H3/b9-7+. The van der Waals surface area contributed by atoms with Crippen molar-refractivity contribution in [1.29, 1.82) is 0 Å². The number of benzene rings is 2. The monoisotopic (exact) mass is 401 g/mol. The van der Waals surface area contributed by atoms with Gasteiger partial charge in [0.15, 0.2) is 18.1 Å². The molecule has 6 nitrogen and oxygen atoms in total. The van der Waals surface area contributed by atoms with Gasteiger partial charge in [-0.1, -0.05) is 29.8 Å². The van der Waals surface area contributed by atoms with Crippen molar-refractivity contribution < 1.29 is 23.8 Å². The fourth-order valence-electron chi connectivity index (χ4n) is 2.68. The van der Waals surface area contributed by atoms with E-state index < -0.39 is 5.97 Å². The topological polar surface area (TPSA) is 65.1 Å². The Balaban J connectivity index is 1.51. The molecule has 146 valence electrons. The van der Waals surface area contributed by atoms with Crippen molar-refractivity contribution in [2.75, 3.05) is 19.9 Å². The first-order valence-electron chi connectivity index (χ1n) is 8.82. The summed E-state index contributed by atoms with van der Waals surface area (Å²) in [6, 6.07) is 12.6. The third-order valence-electron chi connectivity index (χ3n) is 4.14. The van der Waals surface area contributed by atoms with Crippen LogP contribution < -0.4 is 9.47 Å². The smallest absolute Gasteiger partial charge is 0.331 e. The van der Waals surface area contributed by atoms with Gasteiger partial charge >= 0.3 is 5.97 Å². The maximum Gasteiger partial charge on any atom is 0.331 e. The van der Waals surface area contributed by atoms with Crippen LogP contribution in [0.5, 0.6) is 11.5 Å². The van der Waals surface area contributed by atoms with Crippen LogP contribution in [0.1, 0.15) is 18.1 Å². The minimum absolute atomic E-state index is 0.202. The maximum absolute atomic E-state index is 12.4. The average molecular weight is 402 g/mol. The Labute approximate surface area is 168 Å². The van der Waals surface area contributed by atoms with Crippen LogP contribution >= 0.6 is 11.6 Å². The number of carbonyl (C=O) groups is 2. The van der Waals surface area contributed by atoms with Crippen LogP contribution in [0.4, 0.5) is 0 Å². The van der Waals surface area contributed by atoms with E-state index in [0.29, 0.717) is 29.6 Å². The van der Waals surface area contributed by atoms with Gasteiger partial charge in [-0.05, 0) is 48.4 Å². The zero-order valence-electron chi connectivity index (χ0n) is 15.4. The van der Waals surface area contributed by atoms with E-state index in [1.165, 1.54) is 6.08 Å². The Morgan fingerprint density at radius 1 is 1.18 bits per heavy atom. The number of rotatable bonds is 7. The number of amides is 1. The highest BCUT2D eigenvalue weighted by molar-refractivity contribution is 6.30. The lowest BCUT2D eigenvalue weighted by molar-refractivity contribution is -0.148. The molecule has 0 aromatic heterocycles. The number of hydrogen-bond donors (Lipinski definition) is 0. The van der Waals surface area contributed by atoms with Gasteiger partial charge in [0.05, 0.1) is 0 Å². The minimum atomic E-state index is -0.590. The lowest BCUT2D eigenvalue weighted by Crippen LogP contribution is -2.33. The summed E-state index contributed by atoms with van der Waals surface area (Å²) in [5.41, 5.74) is 1.68. The average Bonchev–Trinajstić information content (AvgIpc) is 3.16. The maximum atomic E-state index is 12.4. The molecule has 0 radical (unpaired) electrons.